The second-order valence-corrected chi connectivity index (χ2v) is 4.62. The summed E-state index contributed by atoms with van der Waals surface area (Å²) in [5.74, 6) is 0.540. The summed E-state index contributed by atoms with van der Waals surface area (Å²) >= 11 is 0. The van der Waals surface area contributed by atoms with E-state index < -0.39 is 12.2 Å². The maximum absolute atomic E-state index is 11.8. The number of carbonyl (C=O) groups excluding carboxylic acids is 2. The molecule has 1 N–H and O–H groups in total. The largest absolute Gasteiger partial charge is 0.459 e. The smallest absolute Gasteiger partial charge is 0.416 e. The standard InChI is InChI=1S/C13H14N4O4/c1-16-11(4-5-15-16)17-8-9(21-13(17)19)7-14-12(18)10-3-2-6-20-10/h2-6,9H,7-8H2,1H3,(H,14,18). The number of hydrogen-bond acceptors (Lipinski definition) is 5. The van der Waals surface area contributed by atoms with Crippen LogP contribution in [0.15, 0.2) is 35.1 Å². The summed E-state index contributed by atoms with van der Waals surface area (Å²) in [6.07, 6.45) is 2.17. The molecule has 0 bridgehead atoms. The summed E-state index contributed by atoms with van der Waals surface area (Å²) in [4.78, 5) is 25.1. The highest BCUT2D eigenvalue weighted by Gasteiger charge is 2.34. The SMILES string of the molecule is Cn1nccc1N1CC(CNC(=O)c2ccco2)OC1=O. The van der Waals surface area contributed by atoms with Crippen LogP contribution in [-0.4, -0.2) is 41.0 Å². The minimum absolute atomic E-state index is 0.222. The summed E-state index contributed by atoms with van der Waals surface area (Å²) in [6, 6.07) is 4.93. The van der Waals surface area contributed by atoms with Crippen molar-refractivity contribution in [2.45, 2.75) is 6.10 Å². The Morgan fingerprint density at radius 3 is 3.05 bits per heavy atom. The molecule has 8 nitrogen and oxygen atoms in total. The molecule has 0 saturated carbocycles. The molecule has 21 heavy (non-hydrogen) atoms. The minimum atomic E-state index is -0.448. The van der Waals surface area contributed by atoms with Crippen LogP contribution in [0.25, 0.3) is 0 Å². The van der Waals surface area contributed by atoms with Crippen molar-refractivity contribution in [2.75, 3.05) is 18.0 Å². The number of amides is 2. The van der Waals surface area contributed by atoms with Crippen LogP contribution in [0.4, 0.5) is 10.6 Å². The Morgan fingerprint density at radius 1 is 1.52 bits per heavy atom. The topological polar surface area (TPSA) is 89.6 Å². The zero-order valence-corrected chi connectivity index (χ0v) is 11.4. The third-order valence-electron chi connectivity index (χ3n) is 3.18. The van der Waals surface area contributed by atoms with Gasteiger partial charge < -0.3 is 14.5 Å². The highest BCUT2D eigenvalue weighted by atomic mass is 16.6. The Balaban J connectivity index is 1.58. The first-order valence-corrected chi connectivity index (χ1v) is 6.43. The molecule has 2 aromatic heterocycles. The second kappa shape index (κ2) is 5.31. The quantitative estimate of drug-likeness (QED) is 0.898. The Labute approximate surface area is 120 Å². The molecule has 0 aliphatic carbocycles. The van der Waals surface area contributed by atoms with E-state index in [0.717, 1.165) is 0 Å². The fraction of sp³-hybridized carbons (Fsp3) is 0.308. The van der Waals surface area contributed by atoms with Gasteiger partial charge in [0, 0.05) is 13.1 Å². The van der Waals surface area contributed by atoms with Gasteiger partial charge in [-0.3, -0.25) is 14.4 Å². The van der Waals surface area contributed by atoms with Gasteiger partial charge >= 0.3 is 6.09 Å². The van der Waals surface area contributed by atoms with E-state index in [1.54, 1.807) is 36.1 Å². The summed E-state index contributed by atoms with van der Waals surface area (Å²) < 4.78 is 11.8. The van der Waals surface area contributed by atoms with Gasteiger partial charge in [-0.05, 0) is 12.1 Å². The van der Waals surface area contributed by atoms with Crippen molar-refractivity contribution in [3.8, 4) is 0 Å². The minimum Gasteiger partial charge on any atom is -0.459 e. The molecule has 3 heterocycles. The van der Waals surface area contributed by atoms with Crippen molar-refractivity contribution < 1.29 is 18.7 Å². The van der Waals surface area contributed by atoms with Crippen molar-refractivity contribution in [1.29, 1.82) is 0 Å². The third kappa shape index (κ3) is 2.60. The number of carbonyl (C=O) groups is 2. The lowest BCUT2D eigenvalue weighted by atomic mass is 10.3. The summed E-state index contributed by atoms with van der Waals surface area (Å²) in [5, 5.41) is 6.68. The average molecular weight is 290 g/mol. The first kappa shape index (κ1) is 13.2. The van der Waals surface area contributed by atoms with Crippen molar-refractivity contribution in [1.82, 2.24) is 15.1 Å². The van der Waals surface area contributed by atoms with E-state index in [4.69, 9.17) is 9.15 Å². The zero-order valence-electron chi connectivity index (χ0n) is 11.4. The van der Waals surface area contributed by atoms with Crippen LogP contribution in [0.5, 0.6) is 0 Å². The molecule has 2 aromatic rings. The van der Waals surface area contributed by atoms with E-state index in [1.165, 1.54) is 11.2 Å². The van der Waals surface area contributed by atoms with Gasteiger partial charge in [0.05, 0.1) is 25.5 Å². The molecule has 1 fully saturated rings. The van der Waals surface area contributed by atoms with Gasteiger partial charge in [-0.2, -0.15) is 5.10 Å². The number of nitrogens with one attached hydrogen (secondary N) is 1. The lowest BCUT2D eigenvalue weighted by molar-refractivity contribution is 0.0889. The van der Waals surface area contributed by atoms with Crippen LogP contribution in [0.1, 0.15) is 10.6 Å². The van der Waals surface area contributed by atoms with Crippen molar-refractivity contribution in [3.05, 3.63) is 36.4 Å². The molecule has 3 rings (SSSR count). The van der Waals surface area contributed by atoms with Crippen LogP contribution >= 0.6 is 0 Å². The first-order chi connectivity index (χ1) is 10.1. The van der Waals surface area contributed by atoms with Crippen molar-refractivity contribution >= 4 is 17.8 Å². The second-order valence-electron chi connectivity index (χ2n) is 4.62. The molecule has 110 valence electrons. The molecule has 1 unspecified atom stereocenters. The molecule has 0 radical (unpaired) electrons. The lowest BCUT2D eigenvalue weighted by Gasteiger charge is -2.12. The number of aryl methyl sites for hydroxylation is 1. The van der Waals surface area contributed by atoms with Gasteiger partial charge in [-0.25, -0.2) is 4.79 Å². The lowest BCUT2D eigenvalue weighted by Crippen LogP contribution is -2.34. The molecular formula is C13H14N4O4. The van der Waals surface area contributed by atoms with Crippen molar-refractivity contribution in [3.63, 3.8) is 0 Å². The number of furan rings is 1. The number of aromatic nitrogens is 2. The third-order valence-corrected chi connectivity index (χ3v) is 3.18. The Morgan fingerprint density at radius 2 is 2.38 bits per heavy atom. The first-order valence-electron chi connectivity index (χ1n) is 6.43. The van der Waals surface area contributed by atoms with Gasteiger partial charge in [-0.15, -0.1) is 0 Å². The number of cyclic esters (lactones) is 1. The molecule has 1 saturated heterocycles. The normalized spacial score (nSPS) is 17.9. The molecule has 0 spiro atoms. The molecule has 1 aliphatic heterocycles. The maximum atomic E-state index is 11.8. The van der Waals surface area contributed by atoms with E-state index in [-0.39, 0.29) is 18.2 Å². The Bertz CT molecular complexity index is 649. The summed E-state index contributed by atoms with van der Waals surface area (Å²) in [5.41, 5.74) is 0. The van der Waals surface area contributed by atoms with E-state index in [9.17, 15) is 9.59 Å². The summed E-state index contributed by atoms with van der Waals surface area (Å²) in [7, 11) is 1.74. The average Bonchev–Trinajstić information content (AvgIpc) is 3.17. The number of ether oxygens (including phenoxy) is 1. The molecule has 1 atom stereocenters. The van der Waals surface area contributed by atoms with Gasteiger partial charge in [0.1, 0.15) is 11.9 Å². The van der Waals surface area contributed by atoms with Gasteiger partial charge in [0.15, 0.2) is 5.76 Å². The van der Waals surface area contributed by atoms with Gasteiger partial charge in [0.25, 0.3) is 5.91 Å². The van der Waals surface area contributed by atoms with Crippen LogP contribution in [0, 0.1) is 0 Å². The van der Waals surface area contributed by atoms with Gasteiger partial charge in [0.2, 0.25) is 0 Å². The van der Waals surface area contributed by atoms with Crippen LogP contribution in [-0.2, 0) is 11.8 Å². The molecular weight excluding hydrogens is 276 g/mol. The summed E-state index contributed by atoms with van der Waals surface area (Å²) in [6.45, 7) is 0.580. The molecule has 2 amide bonds. The predicted octanol–water partition coefficient (Wildman–Crippen LogP) is 0.768. The van der Waals surface area contributed by atoms with E-state index in [1.807, 2.05) is 0 Å². The highest BCUT2D eigenvalue weighted by Crippen LogP contribution is 2.20. The van der Waals surface area contributed by atoms with Crippen LogP contribution in [0.2, 0.25) is 0 Å². The Kier molecular flexibility index (Phi) is 3.35. The maximum Gasteiger partial charge on any atom is 0.416 e. The Hall–Kier alpha value is -2.77. The number of anilines is 1. The number of nitrogens with zero attached hydrogens (tertiary/aromatic N) is 3. The van der Waals surface area contributed by atoms with E-state index in [0.29, 0.717) is 12.4 Å². The number of hydrogen-bond donors (Lipinski definition) is 1. The molecule has 0 aromatic carbocycles. The fourth-order valence-corrected chi connectivity index (χ4v) is 2.15. The van der Waals surface area contributed by atoms with E-state index in [2.05, 4.69) is 10.4 Å². The zero-order chi connectivity index (χ0) is 14.8. The predicted molar refractivity (Wildman–Crippen MR) is 71.9 cm³/mol. The molecule has 1 aliphatic rings. The number of rotatable bonds is 4. The highest BCUT2D eigenvalue weighted by molar-refractivity contribution is 5.91. The fourth-order valence-electron chi connectivity index (χ4n) is 2.15. The van der Waals surface area contributed by atoms with Crippen LogP contribution < -0.4 is 10.2 Å². The monoisotopic (exact) mass is 290 g/mol. The van der Waals surface area contributed by atoms with Crippen molar-refractivity contribution in [2.24, 2.45) is 7.05 Å². The van der Waals surface area contributed by atoms with Crippen LogP contribution in [0.3, 0.4) is 0 Å². The molecule has 8 heteroatoms. The van der Waals surface area contributed by atoms with Gasteiger partial charge in [-0.1, -0.05) is 0 Å². The van der Waals surface area contributed by atoms with E-state index >= 15 is 0 Å².